The van der Waals surface area contributed by atoms with Gasteiger partial charge in [-0.05, 0) is 37.0 Å². The van der Waals surface area contributed by atoms with E-state index in [0.717, 1.165) is 19.3 Å². The molecule has 0 amide bonds. The Bertz CT molecular complexity index is 433. The molecule has 0 aromatic heterocycles. The van der Waals surface area contributed by atoms with Crippen LogP contribution in [-0.4, -0.2) is 17.1 Å². The predicted octanol–water partition coefficient (Wildman–Crippen LogP) is 3.12. The van der Waals surface area contributed by atoms with Gasteiger partial charge in [0.2, 0.25) is 0 Å². The standard InChI is InChI=1S/C13H16FNO2/c1-8-3-2-4-11(8)15-12-7-9(13(16)17)5-6-10(12)14/h5-8,11,15H,2-4H2,1H3,(H,16,17). The number of anilines is 1. The number of hydrogen-bond acceptors (Lipinski definition) is 2. The second-order valence-electron chi connectivity index (χ2n) is 4.66. The van der Waals surface area contributed by atoms with Crippen molar-refractivity contribution < 1.29 is 14.3 Å². The van der Waals surface area contributed by atoms with Crippen molar-refractivity contribution in [1.29, 1.82) is 0 Å². The fourth-order valence-electron chi connectivity index (χ4n) is 2.33. The van der Waals surface area contributed by atoms with Crippen molar-refractivity contribution in [2.45, 2.75) is 32.2 Å². The number of benzene rings is 1. The zero-order valence-electron chi connectivity index (χ0n) is 9.74. The summed E-state index contributed by atoms with van der Waals surface area (Å²) in [5, 5.41) is 12.0. The maximum Gasteiger partial charge on any atom is 0.335 e. The molecule has 2 rings (SSSR count). The maximum absolute atomic E-state index is 13.6. The van der Waals surface area contributed by atoms with E-state index in [1.54, 1.807) is 0 Å². The van der Waals surface area contributed by atoms with Gasteiger partial charge in [0.1, 0.15) is 5.82 Å². The average Bonchev–Trinajstić information content (AvgIpc) is 2.67. The smallest absolute Gasteiger partial charge is 0.335 e. The van der Waals surface area contributed by atoms with Gasteiger partial charge in [-0.25, -0.2) is 9.18 Å². The molecule has 92 valence electrons. The van der Waals surface area contributed by atoms with Gasteiger partial charge in [0.25, 0.3) is 0 Å². The van der Waals surface area contributed by atoms with Crippen LogP contribution in [0, 0.1) is 11.7 Å². The van der Waals surface area contributed by atoms with Crippen molar-refractivity contribution in [3.63, 3.8) is 0 Å². The summed E-state index contributed by atoms with van der Waals surface area (Å²) in [5.41, 5.74) is 0.406. The molecule has 2 unspecified atom stereocenters. The second kappa shape index (κ2) is 4.73. The zero-order chi connectivity index (χ0) is 12.4. The van der Waals surface area contributed by atoms with Crippen molar-refractivity contribution in [1.82, 2.24) is 0 Å². The summed E-state index contributed by atoms with van der Waals surface area (Å²) in [6, 6.07) is 4.09. The van der Waals surface area contributed by atoms with Gasteiger partial charge < -0.3 is 10.4 Å². The maximum atomic E-state index is 13.6. The van der Waals surface area contributed by atoms with Gasteiger partial charge in [-0.1, -0.05) is 13.3 Å². The van der Waals surface area contributed by atoms with Crippen LogP contribution in [0.5, 0.6) is 0 Å². The summed E-state index contributed by atoms with van der Waals surface area (Å²) in [6.45, 7) is 2.13. The Morgan fingerprint density at radius 2 is 2.24 bits per heavy atom. The van der Waals surface area contributed by atoms with E-state index in [2.05, 4.69) is 12.2 Å². The molecular weight excluding hydrogens is 221 g/mol. The normalized spacial score (nSPS) is 23.6. The number of carboxylic acids is 1. The first-order valence-electron chi connectivity index (χ1n) is 5.87. The van der Waals surface area contributed by atoms with Crippen molar-refractivity contribution in [3.05, 3.63) is 29.6 Å². The highest BCUT2D eigenvalue weighted by molar-refractivity contribution is 5.88. The molecule has 4 heteroatoms. The molecular formula is C13H16FNO2. The van der Waals surface area contributed by atoms with Gasteiger partial charge in [-0.2, -0.15) is 0 Å². The Labute approximate surface area is 99.7 Å². The number of carboxylic acid groups (broad SMARTS) is 1. The van der Waals surface area contributed by atoms with Gasteiger partial charge in [0.15, 0.2) is 0 Å². The van der Waals surface area contributed by atoms with Crippen LogP contribution in [0.1, 0.15) is 36.5 Å². The highest BCUT2D eigenvalue weighted by Crippen LogP contribution is 2.29. The third kappa shape index (κ3) is 2.57. The molecule has 1 saturated carbocycles. The fraction of sp³-hybridized carbons (Fsp3) is 0.462. The number of hydrogen-bond donors (Lipinski definition) is 2. The number of rotatable bonds is 3. The summed E-state index contributed by atoms with van der Waals surface area (Å²) < 4.78 is 13.6. The highest BCUT2D eigenvalue weighted by Gasteiger charge is 2.24. The van der Waals surface area contributed by atoms with E-state index >= 15 is 0 Å². The molecule has 1 aromatic rings. The first-order chi connectivity index (χ1) is 8.08. The largest absolute Gasteiger partial charge is 0.478 e. The van der Waals surface area contributed by atoms with Gasteiger partial charge in [-0.15, -0.1) is 0 Å². The lowest BCUT2D eigenvalue weighted by Gasteiger charge is -2.19. The number of nitrogens with one attached hydrogen (secondary N) is 1. The Morgan fingerprint density at radius 1 is 1.47 bits per heavy atom. The molecule has 1 aromatic carbocycles. The van der Waals surface area contributed by atoms with Crippen LogP contribution < -0.4 is 5.32 Å². The second-order valence-corrected chi connectivity index (χ2v) is 4.66. The van der Waals surface area contributed by atoms with Crippen molar-refractivity contribution in [3.8, 4) is 0 Å². The minimum Gasteiger partial charge on any atom is -0.478 e. The van der Waals surface area contributed by atoms with E-state index in [0.29, 0.717) is 11.6 Å². The molecule has 0 radical (unpaired) electrons. The van der Waals surface area contributed by atoms with E-state index in [-0.39, 0.29) is 11.6 Å². The van der Waals surface area contributed by atoms with Gasteiger partial charge in [-0.3, -0.25) is 0 Å². The number of carbonyl (C=O) groups is 1. The van der Waals surface area contributed by atoms with E-state index in [1.807, 2.05) is 0 Å². The highest BCUT2D eigenvalue weighted by atomic mass is 19.1. The Morgan fingerprint density at radius 3 is 2.82 bits per heavy atom. The molecule has 2 N–H and O–H groups in total. The lowest BCUT2D eigenvalue weighted by molar-refractivity contribution is 0.0697. The van der Waals surface area contributed by atoms with Crippen LogP contribution in [0.3, 0.4) is 0 Å². The SMILES string of the molecule is CC1CCCC1Nc1cc(C(=O)O)ccc1F. The third-order valence-electron chi connectivity index (χ3n) is 3.42. The fourth-order valence-corrected chi connectivity index (χ4v) is 2.33. The minimum absolute atomic E-state index is 0.111. The summed E-state index contributed by atoms with van der Waals surface area (Å²) in [5.74, 6) is -0.926. The average molecular weight is 237 g/mol. The van der Waals surface area contributed by atoms with Crippen LogP contribution in [-0.2, 0) is 0 Å². The minimum atomic E-state index is -1.03. The Balaban J connectivity index is 2.19. The van der Waals surface area contributed by atoms with Crippen molar-refractivity contribution in [2.24, 2.45) is 5.92 Å². The zero-order valence-corrected chi connectivity index (χ0v) is 9.74. The van der Waals surface area contributed by atoms with Crippen LogP contribution in [0.15, 0.2) is 18.2 Å². The molecule has 1 aliphatic rings. The van der Waals surface area contributed by atoms with Crippen LogP contribution in [0.2, 0.25) is 0 Å². The molecule has 0 saturated heterocycles. The van der Waals surface area contributed by atoms with Crippen LogP contribution in [0.25, 0.3) is 0 Å². The Hall–Kier alpha value is -1.58. The van der Waals surface area contributed by atoms with E-state index in [1.165, 1.54) is 18.2 Å². The molecule has 0 bridgehead atoms. The third-order valence-corrected chi connectivity index (χ3v) is 3.42. The molecule has 1 fully saturated rings. The molecule has 0 heterocycles. The summed E-state index contributed by atoms with van der Waals surface area (Å²) in [7, 11) is 0. The molecule has 17 heavy (non-hydrogen) atoms. The lowest BCUT2D eigenvalue weighted by Crippen LogP contribution is -2.22. The van der Waals surface area contributed by atoms with Crippen molar-refractivity contribution >= 4 is 11.7 Å². The quantitative estimate of drug-likeness (QED) is 0.849. The Kier molecular flexibility index (Phi) is 3.31. The molecule has 1 aliphatic carbocycles. The van der Waals surface area contributed by atoms with Crippen LogP contribution in [0.4, 0.5) is 10.1 Å². The summed E-state index contributed by atoms with van der Waals surface area (Å²) in [6.07, 6.45) is 3.29. The molecule has 3 nitrogen and oxygen atoms in total. The van der Waals surface area contributed by atoms with E-state index in [4.69, 9.17) is 5.11 Å². The van der Waals surface area contributed by atoms with Gasteiger partial charge in [0.05, 0.1) is 11.3 Å². The molecule has 2 atom stereocenters. The summed E-state index contributed by atoms with van der Waals surface area (Å²) >= 11 is 0. The first-order valence-corrected chi connectivity index (χ1v) is 5.87. The monoisotopic (exact) mass is 237 g/mol. The lowest BCUT2D eigenvalue weighted by atomic mass is 10.1. The van der Waals surface area contributed by atoms with E-state index < -0.39 is 11.8 Å². The van der Waals surface area contributed by atoms with Gasteiger partial charge >= 0.3 is 5.97 Å². The van der Waals surface area contributed by atoms with Crippen LogP contribution >= 0.6 is 0 Å². The predicted molar refractivity (Wildman–Crippen MR) is 63.8 cm³/mol. The number of halogens is 1. The summed E-state index contributed by atoms with van der Waals surface area (Å²) in [4.78, 5) is 10.8. The van der Waals surface area contributed by atoms with E-state index in [9.17, 15) is 9.18 Å². The first kappa shape index (κ1) is 11.9. The topological polar surface area (TPSA) is 49.3 Å². The molecule has 0 spiro atoms. The van der Waals surface area contributed by atoms with Crippen molar-refractivity contribution in [2.75, 3.05) is 5.32 Å². The van der Waals surface area contributed by atoms with Gasteiger partial charge in [0, 0.05) is 6.04 Å². The number of aromatic carboxylic acids is 1. The molecule has 0 aliphatic heterocycles.